The lowest BCUT2D eigenvalue weighted by Crippen LogP contribution is -2.37. The number of hydrogen-bond acceptors (Lipinski definition) is 2. The summed E-state index contributed by atoms with van der Waals surface area (Å²) in [4.78, 5) is 24.7. The Morgan fingerprint density at radius 3 is 2.40 bits per heavy atom. The molecule has 1 aliphatic heterocycles. The molecule has 0 N–H and O–H groups in total. The van der Waals surface area contributed by atoms with Gasteiger partial charge in [-0.25, -0.2) is 0 Å². The van der Waals surface area contributed by atoms with Gasteiger partial charge in [0, 0.05) is 24.2 Å². The number of carbonyl (C=O) groups is 2. The van der Waals surface area contributed by atoms with Crippen molar-refractivity contribution in [1.29, 1.82) is 0 Å². The molecule has 1 saturated heterocycles. The summed E-state index contributed by atoms with van der Waals surface area (Å²) >= 11 is 3.43. The van der Waals surface area contributed by atoms with Crippen LogP contribution in [0.25, 0.3) is 0 Å². The summed E-state index contributed by atoms with van der Waals surface area (Å²) < 4.78 is 0. The lowest BCUT2D eigenvalue weighted by Gasteiger charge is -2.23. The van der Waals surface area contributed by atoms with Crippen LogP contribution in [0.3, 0.4) is 0 Å². The second kappa shape index (κ2) is 5.10. The monoisotopic (exact) mass is 275 g/mol. The van der Waals surface area contributed by atoms with Crippen LogP contribution < -0.4 is 0 Å². The third kappa shape index (κ3) is 2.80. The number of carbonyl (C=O) groups excluding carboxylic acids is 2. The fourth-order valence-electron chi connectivity index (χ4n) is 1.71. The number of hydrogen-bond donors (Lipinski definition) is 0. The molecule has 0 saturated carbocycles. The van der Waals surface area contributed by atoms with Crippen LogP contribution in [0.5, 0.6) is 0 Å². The van der Waals surface area contributed by atoms with Crippen LogP contribution in [0.4, 0.5) is 0 Å². The van der Waals surface area contributed by atoms with Crippen molar-refractivity contribution in [2.24, 2.45) is 17.8 Å². The summed E-state index contributed by atoms with van der Waals surface area (Å²) in [5, 5.41) is 0.829. The van der Waals surface area contributed by atoms with Gasteiger partial charge in [-0.05, 0) is 11.8 Å². The Kier molecular flexibility index (Phi) is 4.32. The maximum atomic E-state index is 11.7. The van der Waals surface area contributed by atoms with E-state index in [0.717, 1.165) is 5.33 Å². The molecule has 0 aromatic rings. The Hall–Kier alpha value is -0.380. The number of halogens is 1. The van der Waals surface area contributed by atoms with Crippen molar-refractivity contribution >= 4 is 27.7 Å². The van der Waals surface area contributed by atoms with Gasteiger partial charge in [0.15, 0.2) is 0 Å². The zero-order valence-corrected chi connectivity index (χ0v) is 11.1. The van der Waals surface area contributed by atoms with E-state index in [1.807, 2.05) is 6.92 Å². The molecule has 3 nitrogen and oxygen atoms in total. The summed E-state index contributed by atoms with van der Waals surface area (Å²) in [5.74, 6) is 0.676. The van der Waals surface area contributed by atoms with E-state index in [1.54, 1.807) is 0 Å². The molecule has 1 rings (SSSR count). The van der Waals surface area contributed by atoms with E-state index in [9.17, 15) is 9.59 Å². The number of imide groups is 1. The van der Waals surface area contributed by atoms with Gasteiger partial charge in [-0.1, -0.05) is 36.7 Å². The molecule has 15 heavy (non-hydrogen) atoms. The van der Waals surface area contributed by atoms with Gasteiger partial charge in [-0.15, -0.1) is 0 Å². The fraction of sp³-hybridized carbons (Fsp3) is 0.818. The molecular weight excluding hydrogens is 258 g/mol. The fourth-order valence-corrected chi connectivity index (χ4v) is 2.66. The standard InChI is InChI=1S/C11H18BrNO2/c1-7(2)9(5-12)6-13-10(14)4-8(3)11(13)15/h7-9H,4-6H2,1-3H3. The van der Waals surface area contributed by atoms with Gasteiger partial charge >= 0.3 is 0 Å². The molecule has 0 radical (unpaired) electrons. The van der Waals surface area contributed by atoms with Crippen molar-refractivity contribution in [2.45, 2.75) is 27.2 Å². The van der Waals surface area contributed by atoms with Gasteiger partial charge < -0.3 is 0 Å². The van der Waals surface area contributed by atoms with Crippen molar-refractivity contribution in [3.8, 4) is 0 Å². The quantitative estimate of drug-likeness (QED) is 0.582. The van der Waals surface area contributed by atoms with E-state index in [0.29, 0.717) is 24.8 Å². The molecule has 0 aliphatic carbocycles. The first-order valence-electron chi connectivity index (χ1n) is 5.37. The van der Waals surface area contributed by atoms with Gasteiger partial charge in [-0.2, -0.15) is 0 Å². The number of amides is 2. The average Bonchev–Trinajstić information content (AvgIpc) is 2.39. The molecule has 0 spiro atoms. The van der Waals surface area contributed by atoms with Crippen LogP contribution in [0.1, 0.15) is 27.2 Å². The molecule has 0 bridgehead atoms. The van der Waals surface area contributed by atoms with E-state index in [1.165, 1.54) is 4.90 Å². The van der Waals surface area contributed by atoms with Crippen LogP contribution in [0, 0.1) is 17.8 Å². The molecule has 2 unspecified atom stereocenters. The first-order chi connectivity index (χ1) is 6.97. The second-order valence-corrected chi connectivity index (χ2v) is 5.25. The Morgan fingerprint density at radius 2 is 2.07 bits per heavy atom. The first-order valence-corrected chi connectivity index (χ1v) is 6.49. The lowest BCUT2D eigenvalue weighted by atomic mass is 9.97. The Balaban J connectivity index is 2.64. The van der Waals surface area contributed by atoms with Crippen molar-refractivity contribution < 1.29 is 9.59 Å². The van der Waals surface area contributed by atoms with E-state index >= 15 is 0 Å². The predicted molar refractivity (Wildman–Crippen MR) is 62.6 cm³/mol. The van der Waals surface area contributed by atoms with Gasteiger partial charge in [0.1, 0.15) is 0 Å². The zero-order valence-electron chi connectivity index (χ0n) is 9.50. The van der Waals surface area contributed by atoms with Crippen molar-refractivity contribution in [3.63, 3.8) is 0 Å². The van der Waals surface area contributed by atoms with Gasteiger partial charge in [0.05, 0.1) is 0 Å². The summed E-state index contributed by atoms with van der Waals surface area (Å²) in [6, 6.07) is 0. The SMILES string of the molecule is CC1CC(=O)N(CC(CBr)C(C)C)C1=O. The van der Waals surface area contributed by atoms with Crippen LogP contribution in [-0.2, 0) is 9.59 Å². The van der Waals surface area contributed by atoms with Crippen LogP contribution in [-0.4, -0.2) is 28.6 Å². The third-order valence-corrected chi connectivity index (χ3v) is 3.86. The molecule has 1 heterocycles. The topological polar surface area (TPSA) is 37.4 Å². The molecule has 0 aromatic carbocycles. The van der Waals surface area contributed by atoms with E-state index in [4.69, 9.17) is 0 Å². The van der Waals surface area contributed by atoms with Crippen LogP contribution in [0.2, 0.25) is 0 Å². The van der Waals surface area contributed by atoms with E-state index < -0.39 is 0 Å². The zero-order chi connectivity index (χ0) is 11.6. The number of nitrogens with zero attached hydrogens (tertiary/aromatic N) is 1. The molecule has 1 fully saturated rings. The lowest BCUT2D eigenvalue weighted by molar-refractivity contribution is -0.140. The minimum absolute atomic E-state index is 0.00778. The highest BCUT2D eigenvalue weighted by Gasteiger charge is 2.36. The number of alkyl halides is 1. The van der Waals surface area contributed by atoms with E-state index in [-0.39, 0.29) is 17.7 Å². The van der Waals surface area contributed by atoms with Crippen LogP contribution >= 0.6 is 15.9 Å². The minimum Gasteiger partial charge on any atom is -0.282 e. The Morgan fingerprint density at radius 1 is 1.47 bits per heavy atom. The molecule has 4 heteroatoms. The maximum Gasteiger partial charge on any atom is 0.232 e. The van der Waals surface area contributed by atoms with Gasteiger partial charge in [0.2, 0.25) is 11.8 Å². The first kappa shape index (κ1) is 12.7. The molecule has 1 aliphatic rings. The molecule has 2 atom stereocenters. The Bertz CT molecular complexity index is 265. The normalized spacial score (nSPS) is 24.1. The molecular formula is C11H18BrNO2. The highest BCUT2D eigenvalue weighted by atomic mass is 79.9. The maximum absolute atomic E-state index is 11.7. The van der Waals surface area contributed by atoms with Crippen molar-refractivity contribution in [3.05, 3.63) is 0 Å². The van der Waals surface area contributed by atoms with Crippen molar-refractivity contribution in [1.82, 2.24) is 4.90 Å². The van der Waals surface area contributed by atoms with Gasteiger partial charge in [0.25, 0.3) is 0 Å². The molecule has 86 valence electrons. The minimum atomic E-state index is -0.124. The summed E-state index contributed by atoms with van der Waals surface area (Å²) in [6.07, 6.45) is 0.381. The summed E-state index contributed by atoms with van der Waals surface area (Å²) in [5.41, 5.74) is 0. The third-order valence-electron chi connectivity index (χ3n) is 3.03. The predicted octanol–water partition coefficient (Wildman–Crippen LogP) is 2.05. The average molecular weight is 276 g/mol. The summed E-state index contributed by atoms with van der Waals surface area (Å²) in [7, 11) is 0. The van der Waals surface area contributed by atoms with Gasteiger partial charge in [-0.3, -0.25) is 14.5 Å². The van der Waals surface area contributed by atoms with Crippen molar-refractivity contribution in [2.75, 3.05) is 11.9 Å². The van der Waals surface area contributed by atoms with E-state index in [2.05, 4.69) is 29.8 Å². The van der Waals surface area contributed by atoms with Crippen LogP contribution in [0.15, 0.2) is 0 Å². The number of rotatable bonds is 4. The molecule has 2 amide bonds. The highest BCUT2D eigenvalue weighted by Crippen LogP contribution is 2.23. The Labute approximate surface area is 99.3 Å². The molecule has 0 aromatic heterocycles. The largest absolute Gasteiger partial charge is 0.282 e. The number of likely N-dealkylation sites (tertiary alicyclic amines) is 1. The highest BCUT2D eigenvalue weighted by molar-refractivity contribution is 9.09. The summed E-state index contributed by atoms with van der Waals surface area (Å²) in [6.45, 7) is 6.60. The second-order valence-electron chi connectivity index (χ2n) is 4.61. The smallest absolute Gasteiger partial charge is 0.232 e.